The molecule has 14 heteroatoms. The molecule has 14 nitrogen and oxygen atoms in total. The molecule has 0 spiro atoms. The number of methoxy groups -OCH3 is 1. The number of unbranched alkanes of at least 4 members (excludes halogenated alkanes) is 1. The molecule has 310 valence electrons. The molecule has 4 rings (SSSR count). The minimum atomic E-state index is -0.979. The quantitative estimate of drug-likeness (QED) is 0.0725. The van der Waals surface area contributed by atoms with Gasteiger partial charge in [0.05, 0.1) is 52.9 Å². The standard InChI is InChI=1S/C43H58N4O10/c1-30(2)40(47-43(52)57-29-37-35-12-6-4-10-33(35)34-11-5-7-13-36(34)37)42(51)46-38(41(50)45-32-17-15-31(28-48)16-18-32)14-8-9-20-44-39(49)19-21-54-24-25-56-27-26-55-23-22-53-3/h4-7,10-13,15-18,30,37-38,40,48H,8-9,14,19-29H2,1-3H3,(H,44,49)(H,45,50)(H,46,51)(H,47,52)/t38-,40?/m0/s1. The second kappa shape index (κ2) is 24.7. The molecule has 5 N–H and O–H groups in total. The maximum Gasteiger partial charge on any atom is 0.407 e. The highest BCUT2D eigenvalue weighted by Crippen LogP contribution is 2.44. The molecule has 0 radical (unpaired) electrons. The van der Waals surface area contributed by atoms with Gasteiger partial charge < -0.3 is 50.1 Å². The fraction of sp³-hybridized carbons (Fsp3) is 0.488. The second-order valence-corrected chi connectivity index (χ2v) is 14.0. The van der Waals surface area contributed by atoms with E-state index in [1.54, 1.807) is 45.2 Å². The third kappa shape index (κ3) is 14.9. The van der Waals surface area contributed by atoms with Gasteiger partial charge in [0.2, 0.25) is 17.7 Å². The Kier molecular flexibility index (Phi) is 19.4. The first-order valence-electron chi connectivity index (χ1n) is 19.6. The summed E-state index contributed by atoms with van der Waals surface area (Å²) in [5.41, 5.74) is 5.56. The normalized spacial score (nSPS) is 13.0. The summed E-state index contributed by atoms with van der Waals surface area (Å²) < 4.78 is 26.8. The first-order chi connectivity index (χ1) is 27.7. The van der Waals surface area contributed by atoms with Crippen molar-refractivity contribution in [2.24, 2.45) is 5.92 Å². The van der Waals surface area contributed by atoms with E-state index in [-0.39, 0.29) is 50.4 Å². The zero-order valence-electron chi connectivity index (χ0n) is 33.3. The van der Waals surface area contributed by atoms with Gasteiger partial charge in [-0.2, -0.15) is 0 Å². The highest BCUT2D eigenvalue weighted by atomic mass is 16.6. The summed E-state index contributed by atoms with van der Waals surface area (Å²) in [6.07, 6.45) is 0.812. The lowest BCUT2D eigenvalue weighted by Crippen LogP contribution is -2.54. The first kappa shape index (κ1) is 44.8. The average molecular weight is 791 g/mol. The van der Waals surface area contributed by atoms with E-state index >= 15 is 0 Å². The summed E-state index contributed by atoms with van der Waals surface area (Å²) in [6.45, 7) is 6.95. The minimum Gasteiger partial charge on any atom is -0.449 e. The molecule has 0 fully saturated rings. The fourth-order valence-electron chi connectivity index (χ4n) is 6.39. The van der Waals surface area contributed by atoms with Crippen molar-refractivity contribution >= 4 is 29.5 Å². The van der Waals surface area contributed by atoms with E-state index in [0.717, 1.165) is 22.3 Å². The predicted molar refractivity (Wildman–Crippen MR) is 216 cm³/mol. The maximum atomic E-state index is 13.7. The molecule has 2 atom stereocenters. The maximum absolute atomic E-state index is 13.7. The molecule has 0 aliphatic heterocycles. The number of ether oxygens (including phenoxy) is 5. The van der Waals surface area contributed by atoms with Gasteiger partial charge in [0.15, 0.2) is 0 Å². The Balaban J connectivity index is 1.24. The summed E-state index contributed by atoms with van der Waals surface area (Å²) in [6, 6.07) is 20.9. The van der Waals surface area contributed by atoms with E-state index in [1.165, 1.54) is 0 Å². The Labute approximate surface area is 335 Å². The van der Waals surface area contributed by atoms with Crippen LogP contribution in [0.4, 0.5) is 10.5 Å². The van der Waals surface area contributed by atoms with Crippen molar-refractivity contribution in [2.45, 2.75) is 64.1 Å². The molecular formula is C43H58N4O10. The Morgan fingerprint density at radius 1 is 0.719 bits per heavy atom. The number of amides is 4. The second-order valence-electron chi connectivity index (χ2n) is 14.0. The molecule has 0 aromatic heterocycles. The largest absolute Gasteiger partial charge is 0.449 e. The molecule has 0 saturated carbocycles. The van der Waals surface area contributed by atoms with Crippen molar-refractivity contribution < 1.29 is 48.0 Å². The highest BCUT2D eigenvalue weighted by molar-refractivity contribution is 5.98. The van der Waals surface area contributed by atoms with Crippen LogP contribution in [0.2, 0.25) is 0 Å². The number of hydrogen-bond acceptors (Lipinski definition) is 10. The van der Waals surface area contributed by atoms with Crippen LogP contribution in [0.15, 0.2) is 72.8 Å². The molecule has 0 bridgehead atoms. The fourth-order valence-corrected chi connectivity index (χ4v) is 6.39. The molecule has 57 heavy (non-hydrogen) atoms. The lowest BCUT2D eigenvalue weighted by Gasteiger charge is -2.25. The number of carbonyl (C=O) groups is 4. The van der Waals surface area contributed by atoms with Crippen molar-refractivity contribution in [1.29, 1.82) is 0 Å². The highest BCUT2D eigenvalue weighted by Gasteiger charge is 2.32. The number of nitrogens with one attached hydrogen (secondary N) is 4. The van der Waals surface area contributed by atoms with E-state index in [2.05, 4.69) is 33.4 Å². The summed E-state index contributed by atoms with van der Waals surface area (Å²) in [5.74, 6) is -1.58. The first-order valence-corrected chi connectivity index (χ1v) is 19.6. The molecular weight excluding hydrogens is 732 g/mol. The van der Waals surface area contributed by atoms with Gasteiger partial charge >= 0.3 is 6.09 Å². The van der Waals surface area contributed by atoms with Crippen molar-refractivity contribution in [1.82, 2.24) is 16.0 Å². The SMILES string of the molecule is COCCOCCOCCOCCC(=O)NCCCC[C@H](NC(=O)C(NC(=O)OCC1c2ccccc2-c2ccccc21)C(C)C)C(=O)Nc1ccc(CO)cc1. The van der Waals surface area contributed by atoms with Crippen LogP contribution in [0.25, 0.3) is 11.1 Å². The van der Waals surface area contributed by atoms with Gasteiger partial charge in [0, 0.05) is 31.7 Å². The number of aliphatic hydroxyl groups excluding tert-OH is 1. The van der Waals surface area contributed by atoms with Crippen LogP contribution in [0.3, 0.4) is 0 Å². The topological polar surface area (TPSA) is 183 Å². The van der Waals surface area contributed by atoms with Gasteiger partial charge in [0.25, 0.3) is 0 Å². The number of aliphatic hydroxyl groups is 1. The third-order valence-electron chi connectivity index (χ3n) is 9.49. The average Bonchev–Trinajstić information content (AvgIpc) is 3.54. The monoisotopic (exact) mass is 790 g/mol. The van der Waals surface area contributed by atoms with Gasteiger partial charge in [-0.3, -0.25) is 14.4 Å². The Morgan fingerprint density at radius 3 is 1.91 bits per heavy atom. The van der Waals surface area contributed by atoms with Crippen LogP contribution in [0.5, 0.6) is 0 Å². The number of anilines is 1. The van der Waals surface area contributed by atoms with Crippen LogP contribution < -0.4 is 21.3 Å². The summed E-state index contributed by atoms with van der Waals surface area (Å²) >= 11 is 0. The van der Waals surface area contributed by atoms with Crippen molar-refractivity contribution in [2.75, 3.05) is 71.8 Å². The molecule has 1 unspecified atom stereocenters. The van der Waals surface area contributed by atoms with Crippen LogP contribution in [-0.4, -0.2) is 108 Å². The number of hydrogen-bond donors (Lipinski definition) is 5. The van der Waals surface area contributed by atoms with Gasteiger partial charge in [-0.05, 0) is 65.1 Å². The summed E-state index contributed by atoms with van der Waals surface area (Å²) in [5, 5.41) is 20.7. The van der Waals surface area contributed by atoms with Crippen molar-refractivity contribution in [3.63, 3.8) is 0 Å². The summed E-state index contributed by atoms with van der Waals surface area (Å²) in [4.78, 5) is 52.7. The molecule has 0 saturated heterocycles. The molecule has 1 aliphatic carbocycles. The Morgan fingerprint density at radius 2 is 1.32 bits per heavy atom. The van der Waals surface area contributed by atoms with Gasteiger partial charge in [-0.25, -0.2) is 4.79 Å². The van der Waals surface area contributed by atoms with E-state index in [1.807, 2.05) is 36.4 Å². The minimum absolute atomic E-state index is 0.0947. The lowest BCUT2D eigenvalue weighted by molar-refractivity contribution is -0.128. The number of fused-ring (bicyclic) bond motifs is 3. The van der Waals surface area contributed by atoms with Crippen molar-refractivity contribution in [3.8, 4) is 11.1 Å². The van der Waals surface area contributed by atoms with E-state index in [9.17, 15) is 24.3 Å². The van der Waals surface area contributed by atoms with E-state index in [0.29, 0.717) is 70.3 Å². The zero-order valence-corrected chi connectivity index (χ0v) is 33.3. The Hall–Kier alpha value is -4.86. The number of alkyl carbamates (subject to hydrolysis) is 1. The zero-order chi connectivity index (χ0) is 40.8. The van der Waals surface area contributed by atoms with Crippen LogP contribution in [0.1, 0.15) is 62.1 Å². The van der Waals surface area contributed by atoms with Gasteiger partial charge in [0.1, 0.15) is 18.7 Å². The van der Waals surface area contributed by atoms with Crippen molar-refractivity contribution in [3.05, 3.63) is 89.5 Å². The lowest BCUT2D eigenvalue weighted by atomic mass is 9.98. The number of benzene rings is 3. The van der Waals surface area contributed by atoms with E-state index < -0.39 is 30.0 Å². The molecule has 4 amide bonds. The number of rotatable bonds is 26. The summed E-state index contributed by atoms with van der Waals surface area (Å²) in [7, 11) is 1.61. The Bertz CT molecular complexity index is 1660. The number of carbonyl (C=O) groups excluding carboxylic acids is 4. The van der Waals surface area contributed by atoms with Crippen LogP contribution in [0, 0.1) is 5.92 Å². The van der Waals surface area contributed by atoms with E-state index in [4.69, 9.17) is 23.7 Å². The molecule has 3 aromatic rings. The smallest absolute Gasteiger partial charge is 0.407 e. The van der Waals surface area contributed by atoms with Crippen LogP contribution >= 0.6 is 0 Å². The van der Waals surface area contributed by atoms with Crippen LogP contribution in [-0.2, 0) is 44.7 Å². The predicted octanol–water partition coefficient (Wildman–Crippen LogP) is 4.54. The van der Waals surface area contributed by atoms with Gasteiger partial charge in [-0.1, -0.05) is 74.5 Å². The molecule has 1 aliphatic rings. The molecule has 0 heterocycles. The third-order valence-corrected chi connectivity index (χ3v) is 9.49. The van der Waals surface area contributed by atoms with Gasteiger partial charge in [-0.15, -0.1) is 0 Å². The molecule has 3 aromatic carbocycles.